The number of hydrogen-bond acceptors (Lipinski definition) is 2. The SMILES string of the molecule is O=C(NC1CC2CC1C1CCCC21)c1cc(F)cnc1Cl. The highest BCUT2D eigenvalue weighted by Gasteiger charge is 2.54. The van der Waals surface area contributed by atoms with Crippen molar-refractivity contribution in [3.05, 3.63) is 28.8 Å². The molecule has 21 heavy (non-hydrogen) atoms. The van der Waals surface area contributed by atoms with Crippen LogP contribution in [0.2, 0.25) is 5.15 Å². The van der Waals surface area contributed by atoms with Gasteiger partial charge in [-0.15, -0.1) is 0 Å². The lowest BCUT2D eigenvalue weighted by Gasteiger charge is -2.32. The van der Waals surface area contributed by atoms with Gasteiger partial charge in [-0.3, -0.25) is 4.79 Å². The monoisotopic (exact) mass is 308 g/mol. The lowest BCUT2D eigenvalue weighted by atomic mass is 9.79. The standard InChI is InChI=1S/C16H18ClFN2O/c17-15-13(6-9(18)7-19-15)16(21)20-14-5-8-4-12(14)11-3-1-2-10(8)11/h6-8,10-12,14H,1-5H2,(H,20,21). The summed E-state index contributed by atoms with van der Waals surface area (Å²) in [6.45, 7) is 0. The van der Waals surface area contributed by atoms with Gasteiger partial charge in [0.05, 0.1) is 11.8 Å². The van der Waals surface area contributed by atoms with E-state index in [0.717, 1.165) is 36.4 Å². The number of rotatable bonds is 2. The van der Waals surface area contributed by atoms with Crippen molar-refractivity contribution in [1.29, 1.82) is 0 Å². The Morgan fingerprint density at radius 3 is 2.95 bits per heavy atom. The first-order valence-electron chi connectivity index (χ1n) is 7.75. The molecule has 1 heterocycles. The molecule has 3 saturated carbocycles. The van der Waals surface area contributed by atoms with Crippen LogP contribution in [-0.4, -0.2) is 16.9 Å². The van der Waals surface area contributed by atoms with Crippen LogP contribution >= 0.6 is 11.6 Å². The summed E-state index contributed by atoms with van der Waals surface area (Å²) in [7, 11) is 0. The molecule has 5 unspecified atom stereocenters. The number of amides is 1. The first-order valence-corrected chi connectivity index (χ1v) is 8.13. The maximum Gasteiger partial charge on any atom is 0.254 e. The van der Waals surface area contributed by atoms with Gasteiger partial charge in [0, 0.05) is 6.04 Å². The number of fused-ring (bicyclic) bond motifs is 5. The Morgan fingerprint density at radius 1 is 1.29 bits per heavy atom. The van der Waals surface area contributed by atoms with Crippen molar-refractivity contribution in [3.8, 4) is 0 Å². The normalized spacial score (nSPS) is 36.8. The Kier molecular flexibility index (Phi) is 3.18. The molecule has 112 valence electrons. The molecule has 4 rings (SSSR count). The van der Waals surface area contributed by atoms with Crippen LogP contribution in [0.1, 0.15) is 42.5 Å². The molecule has 5 atom stereocenters. The van der Waals surface area contributed by atoms with Gasteiger partial charge in [-0.25, -0.2) is 9.37 Å². The largest absolute Gasteiger partial charge is 0.349 e. The van der Waals surface area contributed by atoms with E-state index in [1.54, 1.807) is 0 Å². The van der Waals surface area contributed by atoms with Crippen LogP contribution in [0.5, 0.6) is 0 Å². The van der Waals surface area contributed by atoms with Crippen molar-refractivity contribution in [2.45, 2.75) is 38.1 Å². The van der Waals surface area contributed by atoms with E-state index < -0.39 is 5.82 Å². The minimum absolute atomic E-state index is 0.0656. The predicted molar refractivity (Wildman–Crippen MR) is 77.5 cm³/mol. The second-order valence-electron chi connectivity index (χ2n) is 6.73. The summed E-state index contributed by atoms with van der Waals surface area (Å²) in [5.41, 5.74) is 0.141. The zero-order chi connectivity index (χ0) is 14.6. The Morgan fingerprint density at radius 2 is 2.10 bits per heavy atom. The van der Waals surface area contributed by atoms with Gasteiger partial charge < -0.3 is 5.32 Å². The minimum atomic E-state index is -0.534. The smallest absolute Gasteiger partial charge is 0.254 e. The van der Waals surface area contributed by atoms with E-state index in [2.05, 4.69) is 10.3 Å². The Hall–Kier alpha value is -1.16. The van der Waals surface area contributed by atoms with E-state index in [-0.39, 0.29) is 22.7 Å². The van der Waals surface area contributed by atoms with Crippen LogP contribution in [0.3, 0.4) is 0 Å². The van der Waals surface area contributed by atoms with Gasteiger partial charge in [0.1, 0.15) is 11.0 Å². The van der Waals surface area contributed by atoms with Crippen molar-refractivity contribution in [3.63, 3.8) is 0 Å². The maximum absolute atomic E-state index is 13.2. The fourth-order valence-corrected chi connectivity index (χ4v) is 5.25. The average Bonchev–Trinajstić information content (AvgIpc) is 3.13. The van der Waals surface area contributed by atoms with Crippen molar-refractivity contribution in [2.24, 2.45) is 23.7 Å². The van der Waals surface area contributed by atoms with Crippen LogP contribution in [0.25, 0.3) is 0 Å². The molecule has 1 aromatic heterocycles. The molecular weight excluding hydrogens is 291 g/mol. The molecular formula is C16H18ClFN2O. The summed E-state index contributed by atoms with van der Waals surface area (Å²) in [4.78, 5) is 16.0. The number of nitrogens with one attached hydrogen (secondary N) is 1. The molecule has 0 spiro atoms. The fourth-order valence-electron chi connectivity index (χ4n) is 5.06. The van der Waals surface area contributed by atoms with Crippen molar-refractivity contribution >= 4 is 17.5 Å². The Bertz CT molecular complexity index is 594. The number of nitrogens with zero attached hydrogens (tertiary/aromatic N) is 1. The van der Waals surface area contributed by atoms with E-state index >= 15 is 0 Å². The molecule has 3 aliphatic carbocycles. The first-order chi connectivity index (χ1) is 10.1. The van der Waals surface area contributed by atoms with Gasteiger partial charge in [-0.1, -0.05) is 18.0 Å². The van der Waals surface area contributed by atoms with E-state index in [1.165, 1.54) is 25.7 Å². The number of carbonyl (C=O) groups excluding carboxylic acids is 1. The molecule has 3 aliphatic rings. The van der Waals surface area contributed by atoms with E-state index in [0.29, 0.717) is 5.92 Å². The molecule has 1 amide bonds. The summed E-state index contributed by atoms with van der Waals surface area (Å²) in [5, 5.41) is 3.14. The third-order valence-corrected chi connectivity index (χ3v) is 6.10. The zero-order valence-corrected chi connectivity index (χ0v) is 12.4. The van der Waals surface area contributed by atoms with E-state index in [1.807, 2.05) is 0 Å². The lowest BCUT2D eigenvalue weighted by molar-refractivity contribution is 0.0900. The fraction of sp³-hybridized carbons (Fsp3) is 0.625. The third-order valence-electron chi connectivity index (χ3n) is 5.80. The molecule has 0 aliphatic heterocycles. The number of hydrogen-bond donors (Lipinski definition) is 1. The predicted octanol–water partition coefficient (Wildman–Crippen LogP) is 3.43. The number of pyridine rings is 1. The highest BCUT2D eigenvalue weighted by molar-refractivity contribution is 6.32. The number of carbonyl (C=O) groups is 1. The summed E-state index contributed by atoms with van der Waals surface area (Å²) in [5.74, 6) is 2.23. The van der Waals surface area contributed by atoms with Gasteiger partial charge in [-0.2, -0.15) is 0 Å². The maximum atomic E-state index is 13.2. The number of aromatic nitrogens is 1. The van der Waals surface area contributed by atoms with Crippen molar-refractivity contribution in [2.75, 3.05) is 0 Å². The quantitative estimate of drug-likeness (QED) is 0.851. The summed E-state index contributed by atoms with van der Waals surface area (Å²) in [6, 6.07) is 1.39. The van der Waals surface area contributed by atoms with Crippen LogP contribution in [0.15, 0.2) is 12.3 Å². The van der Waals surface area contributed by atoms with Crippen LogP contribution in [0, 0.1) is 29.5 Å². The third kappa shape index (κ3) is 2.15. The van der Waals surface area contributed by atoms with Gasteiger partial charge in [-0.05, 0) is 55.4 Å². The average molecular weight is 309 g/mol. The first kappa shape index (κ1) is 13.5. The van der Waals surface area contributed by atoms with Crippen molar-refractivity contribution in [1.82, 2.24) is 10.3 Å². The molecule has 0 saturated heterocycles. The lowest BCUT2D eigenvalue weighted by Crippen LogP contribution is -2.42. The molecule has 3 nitrogen and oxygen atoms in total. The molecule has 0 aromatic carbocycles. The highest BCUT2D eigenvalue weighted by atomic mass is 35.5. The molecule has 2 bridgehead atoms. The van der Waals surface area contributed by atoms with Gasteiger partial charge in [0.25, 0.3) is 5.91 Å². The molecule has 5 heteroatoms. The van der Waals surface area contributed by atoms with Gasteiger partial charge in [0.15, 0.2) is 0 Å². The van der Waals surface area contributed by atoms with Gasteiger partial charge in [0.2, 0.25) is 0 Å². The van der Waals surface area contributed by atoms with Crippen LogP contribution < -0.4 is 5.32 Å². The molecule has 0 radical (unpaired) electrons. The zero-order valence-electron chi connectivity index (χ0n) is 11.7. The second-order valence-corrected chi connectivity index (χ2v) is 7.08. The van der Waals surface area contributed by atoms with Gasteiger partial charge >= 0.3 is 0 Å². The minimum Gasteiger partial charge on any atom is -0.349 e. The topological polar surface area (TPSA) is 42.0 Å². The second kappa shape index (κ2) is 4.94. The summed E-state index contributed by atoms with van der Waals surface area (Å²) < 4.78 is 13.2. The molecule has 3 fully saturated rings. The number of halogens is 2. The summed E-state index contributed by atoms with van der Waals surface area (Å²) in [6.07, 6.45) is 7.35. The van der Waals surface area contributed by atoms with E-state index in [9.17, 15) is 9.18 Å². The molecule has 1 aromatic rings. The molecule has 1 N–H and O–H groups in total. The van der Waals surface area contributed by atoms with Crippen LogP contribution in [-0.2, 0) is 0 Å². The Labute approximate surface area is 128 Å². The highest BCUT2D eigenvalue weighted by Crippen LogP contribution is 2.58. The summed E-state index contributed by atoms with van der Waals surface area (Å²) >= 11 is 5.91. The van der Waals surface area contributed by atoms with Crippen molar-refractivity contribution < 1.29 is 9.18 Å². The Balaban J connectivity index is 1.50. The van der Waals surface area contributed by atoms with Crippen LogP contribution in [0.4, 0.5) is 4.39 Å². The van der Waals surface area contributed by atoms with E-state index in [4.69, 9.17) is 11.6 Å².